The maximum absolute atomic E-state index is 5.67. The molecule has 0 aliphatic heterocycles. The minimum atomic E-state index is 0.385. The smallest absolute Gasteiger partial charge is 0.183 e. The molecule has 74 valence electrons. The van der Waals surface area contributed by atoms with Crippen LogP contribution in [-0.2, 0) is 0 Å². The fourth-order valence-electron chi connectivity index (χ4n) is 1.23. The summed E-state index contributed by atoms with van der Waals surface area (Å²) in [6.07, 6.45) is 3.01. The molecule has 0 amide bonds. The number of rotatable bonds is 1. The van der Waals surface area contributed by atoms with Crippen molar-refractivity contribution >= 4 is 28.5 Å². The minimum Gasteiger partial charge on any atom is -0.382 e. The molecule has 0 aromatic carbocycles. The Kier molecular flexibility index (Phi) is 1.62. The first kappa shape index (κ1) is 8.24. The Labute approximate surface area is 87.6 Å². The first-order valence-corrected chi connectivity index (χ1v) is 4.86. The van der Waals surface area contributed by atoms with Gasteiger partial charge in [-0.1, -0.05) is 4.49 Å². The van der Waals surface area contributed by atoms with Crippen molar-refractivity contribution in [3.05, 3.63) is 12.5 Å². The van der Waals surface area contributed by atoms with Crippen LogP contribution in [0.15, 0.2) is 12.5 Å². The van der Waals surface area contributed by atoms with E-state index in [9.17, 15) is 0 Å². The number of hydrogen-bond acceptors (Lipinski definition) is 7. The average Bonchev–Trinajstić information content (AvgIpc) is 2.86. The summed E-state index contributed by atoms with van der Waals surface area (Å²) in [5.41, 5.74) is 6.86. The van der Waals surface area contributed by atoms with Crippen molar-refractivity contribution in [2.45, 2.75) is 0 Å². The molecule has 7 nitrogen and oxygen atoms in total. The highest BCUT2D eigenvalue weighted by atomic mass is 32.1. The number of imidazole rings is 1. The Morgan fingerprint density at radius 2 is 2.27 bits per heavy atom. The maximum atomic E-state index is 5.67. The third kappa shape index (κ3) is 1.22. The van der Waals surface area contributed by atoms with Gasteiger partial charge in [0.05, 0.1) is 6.20 Å². The number of fused-ring (bicyclic) bond motifs is 1. The lowest BCUT2D eigenvalue weighted by molar-refractivity contribution is 1.15. The summed E-state index contributed by atoms with van der Waals surface area (Å²) in [6, 6.07) is 0. The van der Waals surface area contributed by atoms with Crippen molar-refractivity contribution < 1.29 is 0 Å². The van der Waals surface area contributed by atoms with Gasteiger partial charge < -0.3 is 10.7 Å². The largest absolute Gasteiger partial charge is 0.382 e. The van der Waals surface area contributed by atoms with E-state index in [0.717, 1.165) is 4.88 Å². The van der Waals surface area contributed by atoms with Gasteiger partial charge in [-0.3, -0.25) is 0 Å². The van der Waals surface area contributed by atoms with Gasteiger partial charge in [-0.25, -0.2) is 15.0 Å². The van der Waals surface area contributed by atoms with Crippen LogP contribution in [0, 0.1) is 0 Å². The molecule has 3 heterocycles. The van der Waals surface area contributed by atoms with Crippen molar-refractivity contribution in [3.63, 3.8) is 0 Å². The molecule has 3 N–H and O–H groups in total. The van der Waals surface area contributed by atoms with Crippen LogP contribution < -0.4 is 5.73 Å². The molecule has 3 rings (SSSR count). The SMILES string of the molecule is Nc1ncnc2nc(-c3cnns3)[nH]c12. The van der Waals surface area contributed by atoms with Crippen LogP contribution in [0.5, 0.6) is 0 Å². The van der Waals surface area contributed by atoms with E-state index in [4.69, 9.17) is 5.73 Å². The Morgan fingerprint density at radius 3 is 3.00 bits per heavy atom. The van der Waals surface area contributed by atoms with Crippen LogP contribution >= 0.6 is 11.5 Å². The van der Waals surface area contributed by atoms with Crippen molar-refractivity contribution in [3.8, 4) is 10.7 Å². The molecule has 0 aliphatic carbocycles. The fraction of sp³-hybridized carbons (Fsp3) is 0. The number of nitrogens with one attached hydrogen (secondary N) is 1. The van der Waals surface area contributed by atoms with E-state index in [-0.39, 0.29) is 0 Å². The summed E-state index contributed by atoms with van der Waals surface area (Å²) < 4.78 is 3.76. The van der Waals surface area contributed by atoms with E-state index >= 15 is 0 Å². The molecule has 0 unspecified atom stereocenters. The topological polar surface area (TPSA) is 106 Å². The quantitative estimate of drug-likeness (QED) is 0.615. The third-order valence-corrected chi connectivity index (χ3v) is 2.58. The van der Waals surface area contributed by atoms with Crippen molar-refractivity contribution in [1.29, 1.82) is 0 Å². The first-order chi connectivity index (χ1) is 7.34. The number of nitrogens with two attached hydrogens (primary N) is 1. The second kappa shape index (κ2) is 2.95. The van der Waals surface area contributed by atoms with Crippen LogP contribution in [0.2, 0.25) is 0 Å². The van der Waals surface area contributed by atoms with Gasteiger partial charge >= 0.3 is 0 Å². The fourth-order valence-corrected chi connectivity index (χ4v) is 1.69. The van der Waals surface area contributed by atoms with Gasteiger partial charge in [-0.15, -0.1) is 5.10 Å². The summed E-state index contributed by atoms with van der Waals surface area (Å²) in [6.45, 7) is 0. The summed E-state index contributed by atoms with van der Waals surface area (Å²) in [7, 11) is 0. The molecule has 15 heavy (non-hydrogen) atoms. The molecule has 3 aromatic rings. The van der Waals surface area contributed by atoms with Crippen molar-refractivity contribution in [2.24, 2.45) is 0 Å². The molecule has 0 aliphatic rings. The predicted octanol–water partition coefficient (Wildman–Crippen LogP) is 0.454. The lowest BCUT2D eigenvalue weighted by Crippen LogP contribution is -1.91. The zero-order valence-electron chi connectivity index (χ0n) is 7.38. The highest BCUT2D eigenvalue weighted by Crippen LogP contribution is 2.22. The van der Waals surface area contributed by atoms with E-state index in [0.29, 0.717) is 22.8 Å². The number of anilines is 1. The van der Waals surface area contributed by atoms with E-state index in [2.05, 4.69) is 29.5 Å². The lowest BCUT2D eigenvalue weighted by Gasteiger charge is -1.89. The van der Waals surface area contributed by atoms with E-state index in [1.165, 1.54) is 17.9 Å². The zero-order chi connectivity index (χ0) is 10.3. The summed E-state index contributed by atoms with van der Waals surface area (Å²) in [5.74, 6) is 1.04. The van der Waals surface area contributed by atoms with Gasteiger partial charge in [0, 0.05) is 0 Å². The first-order valence-electron chi connectivity index (χ1n) is 4.08. The van der Waals surface area contributed by atoms with Crippen LogP contribution in [-0.4, -0.2) is 29.5 Å². The number of aromatic nitrogens is 6. The van der Waals surface area contributed by atoms with Crippen molar-refractivity contribution in [2.75, 3.05) is 5.73 Å². The van der Waals surface area contributed by atoms with E-state index in [1.54, 1.807) is 6.20 Å². The molecule has 3 aromatic heterocycles. The minimum absolute atomic E-state index is 0.385. The number of nitrogens with zero attached hydrogens (tertiary/aromatic N) is 5. The predicted molar refractivity (Wildman–Crippen MR) is 55.0 cm³/mol. The summed E-state index contributed by atoms with van der Waals surface area (Å²) >= 11 is 1.25. The second-order valence-corrected chi connectivity index (χ2v) is 3.61. The second-order valence-electron chi connectivity index (χ2n) is 2.82. The average molecular weight is 219 g/mol. The van der Waals surface area contributed by atoms with E-state index < -0.39 is 0 Å². The van der Waals surface area contributed by atoms with Crippen LogP contribution in [0.4, 0.5) is 5.82 Å². The van der Waals surface area contributed by atoms with Gasteiger partial charge in [0.25, 0.3) is 0 Å². The van der Waals surface area contributed by atoms with Gasteiger partial charge in [0.1, 0.15) is 16.7 Å². The zero-order valence-corrected chi connectivity index (χ0v) is 8.19. The Balaban J connectivity index is 2.27. The standard InChI is InChI=1S/C7H5N7S/c8-5-4-7(10-2-9-5)13-6(12-4)3-1-11-14-15-3/h1-2H,(H3,8,9,10,12,13). The van der Waals surface area contributed by atoms with Gasteiger partial charge in [-0.2, -0.15) is 0 Å². The van der Waals surface area contributed by atoms with Crippen molar-refractivity contribution in [1.82, 2.24) is 29.5 Å². The number of aromatic amines is 1. The number of nitrogen functional groups attached to an aromatic ring is 1. The molecule has 0 spiro atoms. The normalized spacial score (nSPS) is 10.9. The molecule has 0 bridgehead atoms. The molecule has 0 saturated carbocycles. The molecular formula is C7H5N7S. The van der Waals surface area contributed by atoms with Crippen LogP contribution in [0.1, 0.15) is 0 Å². The van der Waals surface area contributed by atoms with Crippen LogP contribution in [0.25, 0.3) is 21.9 Å². The maximum Gasteiger partial charge on any atom is 0.183 e. The van der Waals surface area contributed by atoms with E-state index in [1.807, 2.05) is 0 Å². The summed E-state index contributed by atoms with van der Waals surface area (Å²) in [4.78, 5) is 16.0. The van der Waals surface area contributed by atoms with Crippen LogP contribution in [0.3, 0.4) is 0 Å². The van der Waals surface area contributed by atoms with Gasteiger partial charge in [-0.05, 0) is 11.5 Å². The monoisotopic (exact) mass is 219 g/mol. The van der Waals surface area contributed by atoms with Gasteiger partial charge in [0.15, 0.2) is 17.3 Å². The number of H-pyrrole nitrogens is 1. The number of hydrogen-bond donors (Lipinski definition) is 2. The summed E-state index contributed by atoms with van der Waals surface area (Å²) in [5, 5.41) is 3.73. The Hall–Kier alpha value is -2.09. The molecule has 0 saturated heterocycles. The molecule has 0 fully saturated rings. The molecule has 0 radical (unpaired) electrons. The van der Waals surface area contributed by atoms with Gasteiger partial charge in [0.2, 0.25) is 0 Å². The lowest BCUT2D eigenvalue weighted by atomic mass is 10.5. The Bertz CT molecular complexity index is 599. The highest BCUT2D eigenvalue weighted by molar-refractivity contribution is 7.09. The Morgan fingerprint density at radius 1 is 1.33 bits per heavy atom. The highest BCUT2D eigenvalue weighted by Gasteiger charge is 2.10. The molecular weight excluding hydrogens is 214 g/mol. The molecule has 0 atom stereocenters. The molecule has 8 heteroatoms. The third-order valence-electron chi connectivity index (χ3n) is 1.91.